The van der Waals surface area contributed by atoms with E-state index >= 15 is 0 Å². The zero-order chi connectivity index (χ0) is 19.4. The minimum Gasteiger partial charge on any atom is -0.494 e. The molecule has 0 aliphatic heterocycles. The number of hydrogen-bond acceptors (Lipinski definition) is 5. The quantitative estimate of drug-likeness (QED) is 0.522. The Kier molecular flexibility index (Phi) is 6.46. The van der Waals surface area contributed by atoms with E-state index in [0.717, 1.165) is 21.5 Å². The third-order valence-electron chi connectivity index (χ3n) is 4.49. The number of nitrogens with zero attached hydrogens (tertiary/aromatic N) is 2. The van der Waals surface area contributed by atoms with Gasteiger partial charge in [-0.25, -0.2) is 0 Å². The number of methoxy groups -OCH3 is 1. The molecule has 0 amide bonds. The molecule has 3 rings (SSSR count). The van der Waals surface area contributed by atoms with Gasteiger partial charge < -0.3 is 10.5 Å². The highest BCUT2D eigenvalue weighted by Gasteiger charge is 2.26. The monoisotopic (exact) mass is 447 g/mol. The Hall–Kier alpha value is -1.96. The lowest BCUT2D eigenvalue weighted by molar-refractivity contribution is 0.0963. The van der Waals surface area contributed by atoms with Crippen molar-refractivity contribution < 1.29 is 9.53 Å². The lowest BCUT2D eigenvalue weighted by Crippen LogP contribution is -2.20. The number of halogens is 1. The van der Waals surface area contributed by atoms with E-state index in [9.17, 15) is 4.79 Å². The molecule has 0 aliphatic carbocycles. The Bertz CT molecular complexity index is 921. The molecule has 0 saturated heterocycles. The zero-order valence-corrected chi connectivity index (χ0v) is 17.7. The molecular formula is C20H22BrN3O2S. The molecule has 3 aromatic rings. The second-order valence-electron chi connectivity index (χ2n) is 6.37. The minimum atomic E-state index is 0.0531. The molecule has 5 nitrogen and oxygen atoms in total. The summed E-state index contributed by atoms with van der Waals surface area (Å²) in [5, 5.41) is 4.21. The normalized spacial score (nSPS) is 12.1. The van der Waals surface area contributed by atoms with Crippen LogP contribution >= 0.6 is 27.3 Å². The molecule has 7 heteroatoms. The maximum absolute atomic E-state index is 13.0. The fourth-order valence-electron chi connectivity index (χ4n) is 3.06. The van der Waals surface area contributed by atoms with Crippen LogP contribution in [0, 0.1) is 5.92 Å². The van der Waals surface area contributed by atoms with Crippen LogP contribution in [0.4, 0.5) is 0 Å². The molecule has 2 aromatic heterocycles. The first-order valence-electron chi connectivity index (χ1n) is 8.67. The molecular weight excluding hydrogens is 426 g/mol. The molecule has 142 valence electrons. The largest absolute Gasteiger partial charge is 0.494 e. The molecule has 0 aliphatic rings. The van der Waals surface area contributed by atoms with Crippen LogP contribution in [0.3, 0.4) is 0 Å². The second kappa shape index (κ2) is 8.82. The summed E-state index contributed by atoms with van der Waals surface area (Å²) in [4.78, 5) is 14.6. The van der Waals surface area contributed by atoms with Crippen molar-refractivity contribution in [2.24, 2.45) is 18.7 Å². The van der Waals surface area contributed by atoms with Crippen LogP contribution in [-0.4, -0.2) is 29.2 Å². The molecule has 1 aromatic carbocycles. The number of nitrogens with two attached hydrogens (primary N) is 1. The van der Waals surface area contributed by atoms with E-state index in [1.165, 1.54) is 16.9 Å². The van der Waals surface area contributed by atoms with Gasteiger partial charge in [0.25, 0.3) is 0 Å². The van der Waals surface area contributed by atoms with E-state index in [2.05, 4.69) is 33.2 Å². The van der Waals surface area contributed by atoms with Crippen molar-refractivity contribution in [3.63, 3.8) is 0 Å². The standard InChI is InChI=1S/C20H22BrN3O2S/c1-24-15(8-9-23-24)19-17(21)18(26-2)20(27-19)16(25)11-14(12-22)10-13-6-4-3-5-7-13/h3-9,14H,10-12,22H2,1-2H3. The summed E-state index contributed by atoms with van der Waals surface area (Å²) < 4.78 is 8.10. The van der Waals surface area contributed by atoms with Gasteiger partial charge in [0, 0.05) is 19.7 Å². The highest BCUT2D eigenvalue weighted by atomic mass is 79.9. The highest BCUT2D eigenvalue weighted by Crippen LogP contribution is 2.45. The van der Waals surface area contributed by atoms with E-state index in [1.54, 1.807) is 18.0 Å². The fourth-order valence-corrected chi connectivity index (χ4v) is 5.17. The molecule has 1 unspecified atom stereocenters. The van der Waals surface area contributed by atoms with Crippen LogP contribution in [0.5, 0.6) is 5.75 Å². The predicted molar refractivity (Wildman–Crippen MR) is 112 cm³/mol. The van der Waals surface area contributed by atoms with Crippen molar-refractivity contribution in [2.45, 2.75) is 12.8 Å². The lowest BCUT2D eigenvalue weighted by Gasteiger charge is -2.14. The van der Waals surface area contributed by atoms with E-state index in [0.29, 0.717) is 23.6 Å². The molecule has 0 radical (unpaired) electrons. The van der Waals surface area contributed by atoms with E-state index in [4.69, 9.17) is 10.5 Å². The molecule has 2 N–H and O–H groups in total. The number of aryl methyl sites for hydroxylation is 1. The first kappa shape index (κ1) is 19.8. The molecule has 0 spiro atoms. The molecule has 0 fully saturated rings. The fraction of sp³-hybridized carbons (Fsp3) is 0.300. The van der Waals surface area contributed by atoms with E-state index in [-0.39, 0.29) is 11.7 Å². The average Bonchev–Trinajstić information content (AvgIpc) is 3.24. The van der Waals surface area contributed by atoms with E-state index in [1.807, 2.05) is 31.3 Å². The first-order chi connectivity index (χ1) is 13.0. The number of hydrogen-bond donors (Lipinski definition) is 1. The van der Waals surface area contributed by atoms with Crippen LogP contribution in [0.15, 0.2) is 47.1 Å². The van der Waals surface area contributed by atoms with Gasteiger partial charge in [0.15, 0.2) is 11.5 Å². The minimum absolute atomic E-state index is 0.0531. The SMILES string of the molecule is COc1c(C(=O)CC(CN)Cc2ccccc2)sc(-c2ccnn2C)c1Br. The van der Waals surface area contributed by atoms with Gasteiger partial charge in [-0.05, 0) is 46.4 Å². The van der Waals surface area contributed by atoms with Crippen LogP contribution in [0.25, 0.3) is 10.6 Å². The molecule has 0 saturated carbocycles. The van der Waals surface area contributed by atoms with Crippen molar-refractivity contribution in [1.82, 2.24) is 9.78 Å². The number of carbonyl (C=O) groups excluding carboxylic acids is 1. The summed E-state index contributed by atoms with van der Waals surface area (Å²) in [6.07, 6.45) is 2.91. The van der Waals surface area contributed by atoms with Gasteiger partial charge in [-0.2, -0.15) is 5.10 Å². The summed E-state index contributed by atoms with van der Waals surface area (Å²) >= 11 is 5.02. The molecule has 1 atom stereocenters. The summed E-state index contributed by atoms with van der Waals surface area (Å²) in [6, 6.07) is 12.0. The van der Waals surface area contributed by atoms with Crippen LogP contribution in [0.1, 0.15) is 21.7 Å². The number of ketones is 1. The number of thiophene rings is 1. The topological polar surface area (TPSA) is 70.1 Å². The molecule has 2 heterocycles. The van der Waals surface area contributed by atoms with Gasteiger partial charge in [-0.15, -0.1) is 11.3 Å². The summed E-state index contributed by atoms with van der Waals surface area (Å²) in [5.74, 6) is 0.722. The molecule has 27 heavy (non-hydrogen) atoms. The molecule has 0 bridgehead atoms. The van der Waals surface area contributed by atoms with E-state index < -0.39 is 0 Å². The summed E-state index contributed by atoms with van der Waals surface area (Å²) in [7, 11) is 3.46. The lowest BCUT2D eigenvalue weighted by atomic mass is 9.94. The van der Waals surface area contributed by atoms with Crippen LogP contribution < -0.4 is 10.5 Å². The predicted octanol–water partition coefficient (Wildman–Crippen LogP) is 4.31. The number of carbonyl (C=O) groups is 1. The number of ether oxygens (including phenoxy) is 1. The third-order valence-corrected chi connectivity index (χ3v) is 6.75. The Morgan fingerprint density at radius 3 is 2.67 bits per heavy atom. The van der Waals surface area contributed by atoms with Gasteiger partial charge in [0.05, 0.1) is 22.2 Å². The van der Waals surface area contributed by atoms with Crippen molar-refractivity contribution in [3.05, 3.63) is 57.5 Å². The van der Waals surface area contributed by atoms with Crippen molar-refractivity contribution in [2.75, 3.05) is 13.7 Å². The Labute approximate surface area is 171 Å². The van der Waals surface area contributed by atoms with Crippen LogP contribution in [-0.2, 0) is 13.5 Å². The number of rotatable bonds is 8. The smallest absolute Gasteiger partial charge is 0.176 e. The van der Waals surface area contributed by atoms with Crippen molar-refractivity contribution >= 4 is 33.0 Å². The Morgan fingerprint density at radius 1 is 1.33 bits per heavy atom. The van der Waals surface area contributed by atoms with Gasteiger partial charge in [0.2, 0.25) is 0 Å². The Morgan fingerprint density at radius 2 is 2.07 bits per heavy atom. The maximum Gasteiger partial charge on any atom is 0.176 e. The third kappa shape index (κ3) is 4.31. The Balaban J connectivity index is 1.84. The van der Waals surface area contributed by atoms with Gasteiger partial charge >= 0.3 is 0 Å². The van der Waals surface area contributed by atoms with Crippen LogP contribution in [0.2, 0.25) is 0 Å². The van der Waals surface area contributed by atoms with Gasteiger partial charge in [0.1, 0.15) is 4.88 Å². The summed E-state index contributed by atoms with van der Waals surface area (Å²) in [6.45, 7) is 0.462. The van der Waals surface area contributed by atoms with Crippen molar-refractivity contribution in [3.8, 4) is 16.3 Å². The maximum atomic E-state index is 13.0. The van der Waals surface area contributed by atoms with Gasteiger partial charge in [-0.3, -0.25) is 9.48 Å². The van der Waals surface area contributed by atoms with Gasteiger partial charge in [-0.1, -0.05) is 30.3 Å². The number of benzene rings is 1. The first-order valence-corrected chi connectivity index (χ1v) is 10.3. The second-order valence-corrected chi connectivity index (χ2v) is 8.18. The highest BCUT2D eigenvalue weighted by molar-refractivity contribution is 9.10. The van der Waals surface area contributed by atoms with Crippen molar-refractivity contribution in [1.29, 1.82) is 0 Å². The number of Topliss-reactive ketones (excluding diaryl/α,β-unsaturated/α-hetero) is 1. The average molecular weight is 448 g/mol. The number of aromatic nitrogens is 2. The zero-order valence-electron chi connectivity index (χ0n) is 15.3. The summed E-state index contributed by atoms with van der Waals surface area (Å²) in [5.41, 5.74) is 8.07.